The lowest BCUT2D eigenvalue weighted by Gasteiger charge is -2.33. The van der Waals surface area contributed by atoms with Gasteiger partial charge in [0.05, 0.1) is 17.5 Å². The highest BCUT2D eigenvalue weighted by Gasteiger charge is 2.42. The molecule has 0 fully saturated rings. The Hall–Kier alpha value is -4.47. The number of hydrogen-bond donors (Lipinski definition) is 2. The highest BCUT2D eigenvalue weighted by molar-refractivity contribution is 6.01. The van der Waals surface area contributed by atoms with Crippen LogP contribution in [-0.2, 0) is 4.79 Å². The predicted molar refractivity (Wildman–Crippen MR) is 128 cm³/mol. The van der Waals surface area contributed by atoms with Crippen LogP contribution in [0, 0.1) is 0 Å². The monoisotopic (exact) mass is 507 g/mol. The van der Waals surface area contributed by atoms with Crippen molar-refractivity contribution in [1.29, 1.82) is 0 Å². The number of Topliss-reactive ketones (excluding diaryl/α,β-unsaturated/α-hetero) is 1. The highest BCUT2D eigenvalue weighted by atomic mass is 19.4. The van der Waals surface area contributed by atoms with E-state index in [-0.39, 0.29) is 29.4 Å². The van der Waals surface area contributed by atoms with Gasteiger partial charge in [0, 0.05) is 29.5 Å². The standard InChI is InChI=1S/C27H20F3N3O4/c28-27(29,30)37-18-10-8-15(9-11-18)22-23-19(13-16(14-20(23)34)21-7-4-12-36-21)31-25-24(22)26(35)33(32-25)17-5-2-1-3-6-17/h1-12,16,22,31-32H,13-14H2/t16-,22-/m0/s1. The number of nitrogens with zero attached hydrogens (tertiary/aromatic N) is 1. The van der Waals surface area contributed by atoms with Crippen molar-refractivity contribution in [3.63, 3.8) is 0 Å². The number of carbonyl (C=O) groups is 1. The minimum Gasteiger partial charge on any atom is -0.469 e. The molecule has 3 heterocycles. The average Bonchev–Trinajstić information content (AvgIpc) is 3.52. The number of H-pyrrole nitrogens is 1. The number of halogens is 3. The largest absolute Gasteiger partial charge is 0.573 e. The maximum absolute atomic E-state index is 13.7. The number of aromatic amines is 1. The zero-order chi connectivity index (χ0) is 25.7. The van der Waals surface area contributed by atoms with Crippen molar-refractivity contribution in [2.24, 2.45) is 0 Å². The van der Waals surface area contributed by atoms with Crippen LogP contribution in [0.1, 0.15) is 41.6 Å². The van der Waals surface area contributed by atoms with Gasteiger partial charge in [-0.1, -0.05) is 30.3 Å². The molecule has 7 nitrogen and oxygen atoms in total. The lowest BCUT2D eigenvalue weighted by atomic mass is 9.73. The van der Waals surface area contributed by atoms with Gasteiger partial charge in [0.1, 0.15) is 17.3 Å². The van der Waals surface area contributed by atoms with Gasteiger partial charge in [-0.2, -0.15) is 0 Å². The molecule has 2 atom stereocenters. The van der Waals surface area contributed by atoms with Crippen LogP contribution < -0.4 is 15.6 Å². The Bertz CT molecular complexity index is 1550. The molecular weight excluding hydrogens is 487 g/mol. The second-order valence-electron chi connectivity index (χ2n) is 8.99. The van der Waals surface area contributed by atoms with E-state index in [9.17, 15) is 22.8 Å². The maximum Gasteiger partial charge on any atom is 0.573 e. The van der Waals surface area contributed by atoms with E-state index in [4.69, 9.17) is 4.42 Å². The number of allylic oxidation sites excluding steroid dienone is 2. The van der Waals surface area contributed by atoms with Crippen molar-refractivity contribution < 1.29 is 27.1 Å². The van der Waals surface area contributed by atoms with Gasteiger partial charge in [0.15, 0.2) is 5.78 Å². The summed E-state index contributed by atoms with van der Waals surface area (Å²) in [4.78, 5) is 27.2. The number of ketones is 1. The Balaban J connectivity index is 1.48. The number of rotatable bonds is 4. The summed E-state index contributed by atoms with van der Waals surface area (Å²) in [5.74, 6) is -0.378. The van der Waals surface area contributed by atoms with Crippen LogP contribution in [-0.4, -0.2) is 21.9 Å². The van der Waals surface area contributed by atoms with E-state index in [1.54, 1.807) is 36.6 Å². The van der Waals surface area contributed by atoms with Gasteiger partial charge in [-0.25, -0.2) is 4.68 Å². The van der Waals surface area contributed by atoms with Gasteiger partial charge < -0.3 is 14.5 Å². The first-order valence-corrected chi connectivity index (χ1v) is 11.6. The quantitative estimate of drug-likeness (QED) is 0.375. The predicted octanol–water partition coefficient (Wildman–Crippen LogP) is 5.62. The van der Waals surface area contributed by atoms with Crippen molar-refractivity contribution in [3.8, 4) is 11.4 Å². The molecule has 1 aliphatic carbocycles. The zero-order valence-electron chi connectivity index (χ0n) is 19.2. The Morgan fingerprint density at radius 3 is 2.38 bits per heavy atom. The lowest BCUT2D eigenvalue weighted by Crippen LogP contribution is -2.32. The summed E-state index contributed by atoms with van der Waals surface area (Å²) in [6.45, 7) is 0. The summed E-state index contributed by atoms with van der Waals surface area (Å²) in [5.41, 5.74) is 2.14. The van der Waals surface area contributed by atoms with Crippen molar-refractivity contribution in [3.05, 3.63) is 112 Å². The number of hydrogen-bond acceptors (Lipinski definition) is 5. The third-order valence-electron chi connectivity index (χ3n) is 6.69. The van der Waals surface area contributed by atoms with Gasteiger partial charge >= 0.3 is 6.36 Å². The van der Waals surface area contributed by atoms with Gasteiger partial charge in [-0.3, -0.25) is 14.7 Å². The number of fused-ring (bicyclic) bond motifs is 1. The summed E-state index contributed by atoms with van der Waals surface area (Å²) in [6.07, 6.45) is -2.62. The fraction of sp³-hybridized carbons (Fsp3) is 0.185. The summed E-state index contributed by atoms with van der Waals surface area (Å²) in [6, 6.07) is 17.8. The molecule has 2 aromatic carbocycles. The number of alkyl halides is 3. The van der Waals surface area contributed by atoms with E-state index in [1.807, 2.05) is 12.1 Å². The Kier molecular flexibility index (Phi) is 5.32. The van der Waals surface area contributed by atoms with Crippen LogP contribution in [0.5, 0.6) is 5.75 Å². The first-order chi connectivity index (χ1) is 17.8. The number of nitrogens with one attached hydrogen (secondary N) is 2. The van der Waals surface area contributed by atoms with Crippen LogP contribution in [0.4, 0.5) is 19.0 Å². The molecule has 6 rings (SSSR count). The number of para-hydroxylation sites is 1. The minimum atomic E-state index is -4.83. The second kappa shape index (κ2) is 8.58. The van der Waals surface area contributed by atoms with Gasteiger partial charge in [-0.05, 0) is 48.4 Å². The number of benzene rings is 2. The molecular formula is C27H20F3N3O4. The maximum atomic E-state index is 13.7. The number of carbonyl (C=O) groups excluding carboxylic acids is 1. The molecule has 0 unspecified atom stereocenters. The first-order valence-electron chi connectivity index (χ1n) is 11.6. The van der Waals surface area contributed by atoms with Crippen LogP contribution >= 0.6 is 0 Å². The molecule has 0 radical (unpaired) electrons. The molecule has 188 valence electrons. The van der Waals surface area contributed by atoms with Crippen molar-refractivity contribution in [1.82, 2.24) is 9.78 Å². The molecule has 0 spiro atoms. The SMILES string of the molecule is O=C1C[C@@H](c2ccco2)CC2=C1[C@H](c1ccc(OC(F)(F)F)cc1)c1c([nH]n(-c3ccccc3)c1=O)N2. The first kappa shape index (κ1) is 23.0. The van der Waals surface area contributed by atoms with Crippen molar-refractivity contribution >= 4 is 11.6 Å². The lowest BCUT2D eigenvalue weighted by molar-refractivity contribution is -0.274. The van der Waals surface area contributed by atoms with Crippen LogP contribution in [0.3, 0.4) is 0 Å². The number of furan rings is 1. The van der Waals surface area contributed by atoms with Gasteiger partial charge in [-0.15, -0.1) is 13.2 Å². The van der Waals surface area contributed by atoms with Crippen LogP contribution in [0.25, 0.3) is 5.69 Å². The second-order valence-corrected chi connectivity index (χ2v) is 8.99. The third-order valence-corrected chi connectivity index (χ3v) is 6.69. The number of ether oxygens (including phenoxy) is 1. The summed E-state index contributed by atoms with van der Waals surface area (Å²) >= 11 is 0. The normalized spacial score (nSPS) is 19.3. The summed E-state index contributed by atoms with van der Waals surface area (Å²) in [7, 11) is 0. The van der Waals surface area contributed by atoms with E-state index in [0.29, 0.717) is 46.1 Å². The van der Waals surface area contributed by atoms with E-state index in [2.05, 4.69) is 15.2 Å². The Labute approximate surface area is 208 Å². The minimum absolute atomic E-state index is 0.159. The van der Waals surface area contributed by atoms with E-state index >= 15 is 0 Å². The topological polar surface area (TPSA) is 89.3 Å². The highest BCUT2D eigenvalue weighted by Crippen LogP contribution is 2.47. The van der Waals surface area contributed by atoms with Crippen LogP contribution in [0.2, 0.25) is 0 Å². The molecule has 4 aromatic rings. The molecule has 0 amide bonds. The van der Waals surface area contributed by atoms with Crippen LogP contribution in [0.15, 0.2) is 93.5 Å². The molecule has 0 saturated heterocycles. The summed E-state index contributed by atoms with van der Waals surface area (Å²) in [5, 5.41) is 6.37. The molecule has 0 saturated carbocycles. The van der Waals surface area contributed by atoms with Crippen molar-refractivity contribution in [2.45, 2.75) is 31.0 Å². The Morgan fingerprint density at radius 1 is 0.946 bits per heavy atom. The van der Waals surface area contributed by atoms with E-state index in [1.165, 1.54) is 28.9 Å². The fourth-order valence-corrected chi connectivity index (χ4v) is 5.17. The molecule has 0 bridgehead atoms. The molecule has 2 aliphatic rings. The fourth-order valence-electron chi connectivity index (χ4n) is 5.17. The molecule has 10 heteroatoms. The number of aromatic nitrogens is 2. The summed E-state index contributed by atoms with van der Waals surface area (Å²) < 4.78 is 49.0. The van der Waals surface area contributed by atoms with Crippen molar-refractivity contribution in [2.75, 3.05) is 5.32 Å². The third kappa shape index (κ3) is 4.14. The van der Waals surface area contributed by atoms with E-state index < -0.39 is 12.3 Å². The van der Waals surface area contributed by atoms with Gasteiger partial charge in [0.25, 0.3) is 5.56 Å². The van der Waals surface area contributed by atoms with E-state index in [0.717, 1.165) is 0 Å². The zero-order valence-corrected chi connectivity index (χ0v) is 19.2. The Morgan fingerprint density at radius 2 is 1.70 bits per heavy atom. The molecule has 37 heavy (non-hydrogen) atoms. The number of anilines is 1. The average molecular weight is 507 g/mol. The smallest absolute Gasteiger partial charge is 0.469 e. The molecule has 1 aliphatic heterocycles. The molecule has 2 aromatic heterocycles. The van der Waals surface area contributed by atoms with Gasteiger partial charge in [0.2, 0.25) is 0 Å². The molecule has 2 N–H and O–H groups in total.